The highest BCUT2D eigenvalue weighted by atomic mass is 16.7. The van der Waals surface area contributed by atoms with Gasteiger partial charge < -0.3 is 18.9 Å². The van der Waals surface area contributed by atoms with E-state index in [1.807, 2.05) is 123 Å². The zero-order chi connectivity index (χ0) is 28.8. The Labute approximate surface area is 237 Å². The molecule has 0 heterocycles. The number of ether oxygens (including phenoxy) is 4. The van der Waals surface area contributed by atoms with Gasteiger partial charge in [0.2, 0.25) is 11.6 Å². The fourth-order valence-electron chi connectivity index (χ4n) is 5.86. The minimum absolute atomic E-state index is 0.163. The number of rotatable bonds is 12. The van der Waals surface area contributed by atoms with Crippen molar-refractivity contribution in [1.82, 2.24) is 0 Å². The van der Waals surface area contributed by atoms with Crippen LogP contribution in [-0.2, 0) is 35.3 Å². The number of carbonyl (C=O) groups excluding carboxylic acids is 1. The standard InChI is InChI=1S/C35H38O5/c1-25-17-13-15-23-29(25)31(34(37-3,38-4)27-19-9-7-10-20-27)33(36)32(30-24-16-14-18-26(30)2)35(39-5,40-6)28-21-11-8-12-22-28/h7-24,31-32H,1-6H3. The molecule has 0 saturated heterocycles. The zero-order valence-corrected chi connectivity index (χ0v) is 24.1. The Balaban J connectivity index is 2.09. The first-order valence-corrected chi connectivity index (χ1v) is 13.4. The fourth-order valence-corrected chi connectivity index (χ4v) is 5.86. The highest BCUT2D eigenvalue weighted by molar-refractivity contribution is 5.94. The minimum Gasteiger partial charge on any atom is -0.348 e. The monoisotopic (exact) mass is 538 g/mol. The molecule has 4 aromatic carbocycles. The summed E-state index contributed by atoms with van der Waals surface area (Å²) >= 11 is 0. The summed E-state index contributed by atoms with van der Waals surface area (Å²) in [6.45, 7) is 3.99. The van der Waals surface area contributed by atoms with E-state index >= 15 is 4.79 Å². The SMILES string of the molecule is COC(OC)(c1ccccc1)C(C(=O)C(c1ccccc1C)C(OC)(OC)c1ccccc1)c1ccccc1C. The quantitative estimate of drug-likeness (QED) is 0.181. The number of ketones is 1. The first-order chi connectivity index (χ1) is 19.4. The van der Waals surface area contributed by atoms with E-state index in [2.05, 4.69) is 0 Å². The molecule has 4 rings (SSSR count). The highest BCUT2D eigenvalue weighted by Crippen LogP contribution is 2.50. The number of carbonyl (C=O) groups is 1. The third kappa shape index (κ3) is 5.14. The molecular weight excluding hydrogens is 500 g/mol. The van der Waals surface area contributed by atoms with Gasteiger partial charge in [-0.1, -0.05) is 109 Å². The van der Waals surface area contributed by atoms with Crippen molar-refractivity contribution in [1.29, 1.82) is 0 Å². The maximum atomic E-state index is 15.5. The molecule has 2 atom stereocenters. The molecule has 208 valence electrons. The molecule has 4 aromatic rings. The summed E-state index contributed by atoms with van der Waals surface area (Å²) in [5.41, 5.74) is 4.94. The van der Waals surface area contributed by atoms with Gasteiger partial charge in [-0.25, -0.2) is 0 Å². The predicted octanol–water partition coefficient (Wildman–Crippen LogP) is 7.03. The third-order valence-electron chi connectivity index (χ3n) is 7.89. The van der Waals surface area contributed by atoms with Crippen molar-refractivity contribution in [3.63, 3.8) is 0 Å². The molecule has 5 nitrogen and oxygen atoms in total. The van der Waals surface area contributed by atoms with Crippen molar-refractivity contribution in [2.24, 2.45) is 0 Å². The van der Waals surface area contributed by atoms with Gasteiger partial charge in [-0.3, -0.25) is 4.79 Å². The molecule has 0 aliphatic rings. The number of benzene rings is 4. The summed E-state index contributed by atoms with van der Waals surface area (Å²) in [7, 11) is 6.31. The minimum atomic E-state index is -1.44. The van der Waals surface area contributed by atoms with Crippen LogP contribution in [0.15, 0.2) is 109 Å². The normalized spacial score (nSPS) is 13.6. The Hall–Kier alpha value is -3.61. The lowest BCUT2D eigenvalue weighted by Gasteiger charge is -2.44. The van der Waals surface area contributed by atoms with Crippen molar-refractivity contribution < 1.29 is 23.7 Å². The molecule has 0 amide bonds. The van der Waals surface area contributed by atoms with E-state index in [4.69, 9.17) is 18.9 Å². The van der Waals surface area contributed by atoms with Gasteiger partial charge in [0, 0.05) is 39.6 Å². The first kappa shape index (κ1) is 29.4. The average Bonchev–Trinajstić information content (AvgIpc) is 3.00. The maximum Gasteiger partial charge on any atom is 0.208 e. The van der Waals surface area contributed by atoms with Crippen molar-refractivity contribution in [3.05, 3.63) is 143 Å². The molecule has 0 radical (unpaired) electrons. The summed E-state index contributed by atoms with van der Waals surface area (Å²) in [5, 5.41) is 0. The average molecular weight is 539 g/mol. The van der Waals surface area contributed by atoms with E-state index in [0.29, 0.717) is 0 Å². The molecule has 5 heteroatoms. The van der Waals surface area contributed by atoms with Crippen LogP contribution in [0.3, 0.4) is 0 Å². The molecule has 0 N–H and O–H groups in total. The summed E-state index contributed by atoms with van der Waals surface area (Å²) in [5.74, 6) is -4.80. The highest BCUT2D eigenvalue weighted by Gasteiger charge is 2.55. The molecule has 0 saturated carbocycles. The molecule has 0 spiro atoms. The van der Waals surface area contributed by atoms with E-state index in [9.17, 15) is 0 Å². The molecule has 0 bridgehead atoms. The van der Waals surface area contributed by atoms with Crippen molar-refractivity contribution in [3.8, 4) is 0 Å². The fraction of sp³-hybridized carbons (Fsp3) is 0.286. The first-order valence-electron chi connectivity index (χ1n) is 13.4. The van der Waals surface area contributed by atoms with Gasteiger partial charge in [0.15, 0.2) is 5.78 Å². The van der Waals surface area contributed by atoms with Crippen LogP contribution in [0, 0.1) is 13.8 Å². The lowest BCUT2D eigenvalue weighted by atomic mass is 9.71. The second kappa shape index (κ2) is 12.7. The van der Waals surface area contributed by atoms with Gasteiger partial charge in [-0.05, 0) is 36.1 Å². The maximum absolute atomic E-state index is 15.5. The molecule has 0 aliphatic heterocycles. The Morgan fingerprint density at radius 1 is 0.500 bits per heavy atom. The van der Waals surface area contributed by atoms with Gasteiger partial charge in [-0.2, -0.15) is 0 Å². The number of hydrogen-bond donors (Lipinski definition) is 0. The van der Waals surface area contributed by atoms with Gasteiger partial charge in [0.05, 0.1) is 0 Å². The van der Waals surface area contributed by atoms with Crippen LogP contribution in [-0.4, -0.2) is 34.2 Å². The molecule has 0 fully saturated rings. The van der Waals surface area contributed by atoms with E-state index in [0.717, 1.165) is 33.4 Å². The number of Topliss-reactive ketones (excluding diaryl/α,β-unsaturated/α-hetero) is 1. The van der Waals surface area contributed by atoms with E-state index in [1.165, 1.54) is 0 Å². The van der Waals surface area contributed by atoms with Crippen molar-refractivity contribution in [2.45, 2.75) is 37.3 Å². The van der Waals surface area contributed by atoms with Crippen LogP contribution in [0.1, 0.15) is 45.2 Å². The summed E-state index contributed by atoms with van der Waals surface area (Å²) < 4.78 is 25.0. The second-order valence-corrected chi connectivity index (χ2v) is 9.87. The van der Waals surface area contributed by atoms with E-state index in [1.54, 1.807) is 28.4 Å². The number of aryl methyl sites for hydroxylation is 2. The van der Waals surface area contributed by atoms with Crippen LogP contribution in [0.4, 0.5) is 0 Å². The van der Waals surface area contributed by atoms with Gasteiger partial charge in [-0.15, -0.1) is 0 Å². The van der Waals surface area contributed by atoms with Crippen LogP contribution < -0.4 is 0 Å². The molecule has 2 unspecified atom stereocenters. The second-order valence-electron chi connectivity index (χ2n) is 9.87. The summed E-state index contributed by atoms with van der Waals surface area (Å²) in [6, 6.07) is 34.9. The van der Waals surface area contributed by atoms with Crippen LogP contribution >= 0.6 is 0 Å². The summed E-state index contributed by atoms with van der Waals surface area (Å²) in [6.07, 6.45) is 0. The molecular formula is C35H38O5. The smallest absolute Gasteiger partial charge is 0.208 e. The largest absolute Gasteiger partial charge is 0.348 e. The van der Waals surface area contributed by atoms with Crippen molar-refractivity contribution in [2.75, 3.05) is 28.4 Å². The molecule has 0 aromatic heterocycles. The van der Waals surface area contributed by atoms with Crippen LogP contribution in [0.25, 0.3) is 0 Å². The van der Waals surface area contributed by atoms with Gasteiger partial charge in [0.25, 0.3) is 0 Å². The van der Waals surface area contributed by atoms with Gasteiger partial charge >= 0.3 is 0 Å². The summed E-state index contributed by atoms with van der Waals surface area (Å²) in [4.78, 5) is 15.5. The molecule has 0 aliphatic carbocycles. The zero-order valence-electron chi connectivity index (χ0n) is 24.1. The predicted molar refractivity (Wildman–Crippen MR) is 157 cm³/mol. The lowest BCUT2D eigenvalue weighted by Crippen LogP contribution is -2.49. The third-order valence-corrected chi connectivity index (χ3v) is 7.89. The Morgan fingerprint density at radius 3 is 1.10 bits per heavy atom. The van der Waals surface area contributed by atoms with Gasteiger partial charge in [0.1, 0.15) is 11.8 Å². The van der Waals surface area contributed by atoms with Crippen LogP contribution in [0.5, 0.6) is 0 Å². The van der Waals surface area contributed by atoms with Crippen molar-refractivity contribution >= 4 is 5.78 Å². The Kier molecular flexibility index (Phi) is 9.33. The van der Waals surface area contributed by atoms with E-state index in [-0.39, 0.29) is 5.78 Å². The van der Waals surface area contributed by atoms with E-state index < -0.39 is 23.4 Å². The topological polar surface area (TPSA) is 54.0 Å². The molecule has 40 heavy (non-hydrogen) atoms. The Morgan fingerprint density at radius 2 is 0.800 bits per heavy atom. The Bertz CT molecular complexity index is 1280. The number of hydrogen-bond acceptors (Lipinski definition) is 5. The lowest BCUT2D eigenvalue weighted by molar-refractivity contribution is -0.245. The number of methoxy groups -OCH3 is 4. The van der Waals surface area contributed by atoms with Crippen LogP contribution in [0.2, 0.25) is 0 Å².